The van der Waals surface area contributed by atoms with Gasteiger partial charge in [-0.3, -0.25) is 0 Å². The van der Waals surface area contributed by atoms with Crippen LogP contribution in [-0.4, -0.2) is 23.4 Å². The molecule has 0 saturated carbocycles. The summed E-state index contributed by atoms with van der Waals surface area (Å²) >= 11 is 0. The van der Waals surface area contributed by atoms with Gasteiger partial charge in [0.25, 0.3) is 0 Å². The Labute approximate surface area is 278 Å². The summed E-state index contributed by atoms with van der Waals surface area (Å²) in [5, 5.41) is 8.77. The summed E-state index contributed by atoms with van der Waals surface area (Å²) in [7, 11) is 0. The van der Waals surface area contributed by atoms with Crippen molar-refractivity contribution in [3.05, 3.63) is 130 Å². The summed E-state index contributed by atoms with van der Waals surface area (Å²) in [6.07, 6.45) is 7.51. The minimum Gasteiger partial charge on any atom is -0.313 e. The van der Waals surface area contributed by atoms with Crippen LogP contribution >= 0.6 is 0 Å². The molecule has 5 rings (SSSR count). The number of carbonyl (C=O) groups is 2. The van der Waals surface area contributed by atoms with Gasteiger partial charge in [0.15, 0.2) is 0 Å². The zero-order chi connectivity index (χ0) is 33.2. The van der Waals surface area contributed by atoms with Crippen LogP contribution in [0.25, 0.3) is 11.1 Å². The summed E-state index contributed by atoms with van der Waals surface area (Å²) in [5.41, 5.74) is 9.06. The first-order chi connectivity index (χ1) is 22.9. The number of oxime groups is 2. The summed E-state index contributed by atoms with van der Waals surface area (Å²) in [5.74, 6) is -0.937. The maximum absolute atomic E-state index is 12.8. The molecular formula is C41H44N2O4. The smallest absolute Gasteiger partial charge is 0.313 e. The van der Waals surface area contributed by atoms with Gasteiger partial charge in [-0.15, -0.1) is 0 Å². The Morgan fingerprint density at radius 2 is 1.06 bits per heavy atom. The third-order valence-corrected chi connectivity index (χ3v) is 9.33. The second kappa shape index (κ2) is 15.6. The third-order valence-electron chi connectivity index (χ3n) is 9.33. The molecule has 6 nitrogen and oxygen atoms in total. The average Bonchev–Trinajstić information content (AvgIpc) is 3.40. The van der Waals surface area contributed by atoms with Crippen LogP contribution in [0.4, 0.5) is 0 Å². The molecule has 0 heterocycles. The third kappa shape index (κ3) is 7.27. The van der Waals surface area contributed by atoms with E-state index in [0.29, 0.717) is 17.5 Å². The number of benzene rings is 4. The maximum Gasteiger partial charge on any atom is 0.365 e. The molecule has 0 aromatic heterocycles. The van der Waals surface area contributed by atoms with Crippen molar-refractivity contribution in [2.45, 2.75) is 84.5 Å². The summed E-state index contributed by atoms with van der Waals surface area (Å²) in [6.45, 7) is 8.68. The van der Waals surface area contributed by atoms with Gasteiger partial charge < -0.3 is 9.68 Å². The number of hydrogen-bond donors (Lipinski definition) is 0. The van der Waals surface area contributed by atoms with Crippen molar-refractivity contribution in [2.75, 3.05) is 0 Å². The molecule has 0 radical (unpaired) electrons. The van der Waals surface area contributed by atoms with Crippen LogP contribution in [-0.2, 0) is 15.1 Å². The molecule has 0 spiro atoms. The molecule has 6 heteroatoms. The fourth-order valence-corrected chi connectivity index (χ4v) is 6.60. The van der Waals surface area contributed by atoms with E-state index in [9.17, 15) is 9.59 Å². The Kier molecular flexibility index (Phi) is 11.2. The summed E-state index contributed by atoms with van der Waals surface area (Å²) in [6, 6.07) is 30.9. The fourth-order valence-electron chi connectivity index (χ4n) is 6.60. The first kappa shape index (κ1) is 33.5. The largest absolute Gasteiger partial charge is 0.365 e. The number of hydrogen-bond acceptors (Lipinski definition) is 6. The van der Waals surface area contributed by atoms with E-state index in [0.717, 1.165) is 67.5 Å². The van der Waals surface area contributed by atoms with E-state index >= 15 is 0 Å². The number of carbonyl (C=O) groups excluding carboxylic acids is 2. The van der Waals surface area contributed by atoms with Crippen molar-refractivity contribution in [1.29, 1.82) is 0 Å². The molecule has 47 heavy (non-hydrogen) atoms. The molecule has 1 aliphatic carbocycles. The molecule has 0 bridgehead atoms. The Morgan fingerprint density at radius 3 is 1.53 bits per heavy atom. The Balaban J connectivity index is 1.48. The van der Waals surface area contributed by atoms with Crippen molar-refractivity contribution in [2.24, 2.45) is 10.3 Å². The molecule has 4 aromatic rings. The molecule has 242 valence electrons. The Morgan fingerprint density at radius 1 is 0.574 bits per heavy atom. The van der Waals surface area contributed by atoms with Crippen LogP contribution in [0.5, 0.6) is 0 Å². The number of fused-ring (bicyclic) bond motifs is 3. The SMILES string of the molecule is CCCCCCC(=NOC(=O)c1ccccc1)c1ccc2c(c1)C(CC)(CC)c1cc(C(CC)=NOC(=O)c3ccccc3)ccc1-2. The average molecular weight is 629 g/mol. The molecule has 0 saturated heterocycles. The standard InChI is InChI=1S/C41H44N2O4/c1-5-9-10-17-22-38(43-47-40(45)30-20-15-12-16-21-30)32-24-26-34-33-25-23-31(27-35(33)41(7-3,8-4)36(34)28-32)37(6-2)42-46-39(44)29-18-13-11-14-19-29/h11-16,18-21,23-28H,5-10,17,22H2,1-4H3. The highest BCUT2D eigenvalue weighted by atomic mass is 16.7. The van der Waals surface area contributed by atoms with Crippen LogP contribution in [0.3, 0.4) is 0 Å². The molecule has 1 aliphatic rings. The van der Waals surface area contributed by atoms with E-state index < -0.39 is 11.9 Å². The molecule has 0 unspecified atom stereocenters. The van der Waals surface area contributed by atoms with E-state index in [1.165, 1.54) is 22.3 Å². The van der Waals surface area contributed by atoms with Crippen LogP contribution < -0.4 is 0 Å². The highest BCUT2D eigenvalue weighted by Gasteiger charge is 2.41. The lowest BCUT2D eigenvalue weighted by atomic mass is 9.73. The lowest BCUT2D eigenvalue weighted by Crippen LogP contribution is -2.24. The number of rotatable bonds is 14. The van der Waals surface area contributed by atoms with Crippen LogP contribution in [0, 0.1) is 0 Å². The van der Waals surface area contributed by atoms with Gasteiger partial charge in [-0.1, -0.05) is 118 Å². The Bertz CT molecular complexity index is 1760. The summed E-state index contributed by atoms with van der Waals surface area (Å²) < 4.78 is 0. The van der Waals surface area contributed by atoms with Gasteiger partial charge in [0, 0.05) is 5.41 Å². The van der Waals surface area contributed by atoms with E-state index in [4.69, 9.17) is 9.68 Å². The summed E-state index contributed by atoms with van der Waals surface area (Å²) in [4.78, 5) is 36.3. The van der Waals surface area contributed by atoms with E-state index in [1.54, 1.807) is 36.4 Å². The highest BCUT2D eigenvalue weighted by molar-refractivity contribution is 6.04. The van der Waals surface area contributed by atoms with Gasteiger partial charge in [0.05, 0.1) is 22.6 Å². The second-order valence-corrected chi connectivity index (χ2v) is 12.0. The number of unbranched alkanes of at least 4 members (excludes halogenated alkanes) is 3. The van der Waals surface area contributed by atoms with Crippen molar-refractivity contribution in [3.8, 4) is 11.1 Å². The first-order valence-corrected chi connectivity index (χ1v) is 16.9. The highest BCUT2D eigenvalue weighted by Crippen LogP contribution is 2.53. The Hall–Kier alpha value is -4.84. The normalized spacial score (nSPS) is 13.5. The monoisotopic (exact) mass is 628 g/mol. The van der Waals surface area contributed by atoms with Gasteiger partial charge in [-0.25, -0.2) is 9.59 Å². The van der Waals surface area contributed by atoms with Crippen LogP contribution in [0.1, 0.15) is 122 Å². The minimum absolute atomic E-state index is 0.218. The van der Waals surface area contributed by atoms with Crippen LogP contribution in [0.15, 0.2) is 107 Å². The molecule has 0 fully saturated rings. The second-order valence-electron chi connectivity index (χ2n) is 12.0. The van der Waals surface area contributed by atoms with Gasteiger partial charge in [-0.05, 0) is 102 Å². The molecule has 0 amide bonds. The number of nitrogens with zero attached hydrogens (tertiary/aromatic N) is 2. The molecule has 0 atom stereocenters. The van der Waals surface area contributed by atoms with Gasteiger partial charge in [-0.2, -0.15) is 0 Å². The lowest BCUT2D eigenvalue weighted by Gasteiger charge is -2.30. The van der Waals surface area contributed by atoms with Gasteiger partial charge in [0.2, 0.25) is 0 Å². The maximum atomic E-state index is 12.8. The van der Waals surface area contributed by atoms with Crippen LogP contribution in [0.2, 0.25) is 0 Å². The molecule has 0 aliphatic heterocycles. The van der Waals surface area contributed by atoms with E-state index in [-0.39, 0.29) is 5.41 Å². The minimum atomic E-state index is -0.476. The molecular weight excluding hydrogens is 584 g/mol. The van der Waals surface area contributed by atoms with E-state index in [1.807, 2.05) is 31.2 Å². The first-order valence-electron chi connectivity index (χ1n) is 16.9. The van der Waals surface area contributed by atoms with Crippen molar-refractivity contribution in [3.63, 3.8) is 0 Å². The van der Waals surface area contributed by atoms with Crippen molar-refractivity contribution in [1.82, 2.24) is 0 Å². The molecule has 0 N–H and O–H groups in total. The fraction of sp³-hybridized carbons (Fsp3) is 0.317. The van der Waals surface area contributed by atoms with Crippen molar-refractivity contribution < 1.29 is 19.3 Å². The topological polar surface area (TPSA) is 77.3 Å². The zero-order valence-corrected chi connectivity index (χ0v) is 27.9. The molecule has 4 aromatic carbocycles. The predicted molar refractivity (Wildman–Crippen MR) is 189 cm³/mol. The predicted octanol–water partition coefficient (Wildman–Crippen LogP) is 10.3. The quantitative estimate of drug-likeness (QED) is 0.0602. The van der Waals surface area contributed by atoms with E-state index in [2.05, 4.69) is 67.5 Å². The van der Waals surface area contributed by atoms with Crippen molar-refractivity contribution >= 4 is 23.4 Å². The lowest BCUT2D eigenvalue weighted by molar-refractivity contribution is 0.0507. The van der Waals surface area contributed by atoms with Gasteiger partial charge in [0.1, 0.15) is 0 Å². The van der Waals surface area contributed by atoms with Gasteiger partial charge >= 0.3 is 11.9 Å². The zero-order valence-electron chi connectivity index (χ0n) is 27.9.